The van der Waals surface area contributed by atoms with E-state index < -0.39 is 10.0 Å². The van der Waals surface area contributed by atoms with E-state index in [-0.39, 0.29) is 16.6 Å². The minimum Gasteiger partial charge on any atom is -0.508 e. The second kappa shape index (κ2) is 9.45. The van der Waals surface area contributed by atoms with E-state index in [0.29, 0.717) is 17.8 Å². The van der Waals surface area contributed by atoms with Crippen molar-refractivity contribution in [3.63, 3.8) is 0 Å². The summed E-state index contributed by atoms with van der Waals surface area (Å²) in [6.45, 7) is 2.42. The first-order valence-electron chi connectivity index (χ1n) is 9.59. The molecule has 3 rings (SSSR count). The van der Waals surface area contributed by atoms with E-state index in [1.807, 2.05) is 31.2 Å². The van der Waals surface area contributed by atoms with Gasteiger partial charge in [0, 0.05) is 17.8 Å². The van der Waals surface area contributed by atoms with Crippen LogP contribution in [-0.2, 0) is 16.4 Å². The molecule has 0 atom stereocenters. The van der Waals surface area contributed by atoms with Gasteiger partial charge in [-0.2, -0.15) is 0 Å². The number of carbonyl (C=O) groups excluding carboxylic acids is 1. The quantitative estimate of drug-likeness (QED) is 0.479. The Morgan fingerprint density at radius 2 is 1.53 bits per heavy atom. The molecule has 3 aromatic carbocycles. The third-order valence-electron chi connectivity index (χ3n) is 4.59. The van der Waals surface area contributed by atoms with Gasteiger partial charge in [0.05, 0.1) is 4.90 Å². The number of phenols is 1. The molecule has 0 aliphatic carbocycles. The fraction of sp³-hybridized carbons (Fsp3) is 0.174. The van der Waals surface area contributed by atoms with Gasteiger partial charge in [-0.05, 0) is 73.9 Å². The van der Waals surface area contributed by atoms with E-state index in [9.17, 15) is 18.3 Å². The lowest BCUT2D eigenvalue weighted by Gasteiger charge is -2.09. The molecule has 0 unspecified atom stereocenters. The molecule has 3 N–H and O–H groups in total. The first-order valence-corrected chi connectivity index (χ1v) is 11.1. The number of rotatable bonds is 8. The second-order valence-corrected chi connectivity index (χ2v) is 8.70. The Hall–Kier alpha value is -3.32. The van der Waals surface area contributed by atoms with Gasteiger partial charge in [-0.15, -0.1) is 0 Å². The normalized spacial score (nSPS) is 11.1. The van der Waals surface area contributed by atoms with Crippen LogP contribution in [0, 0.1) is 6.92 Å². The molecule has 0 saturated carbocycles. The summed E-state index contributed by atoms with van der Waals surface area (Å²) in [5.74, 6) is -0.0253. The Kier molecular flexibility index (Phi) is 6.74. The number of carbonyl (C=O) groups is 1. The van der Waals surface area contributed by atoms with Crippen LogP contribution in [0.2, 0.25) is 0 Å². The molecule has 0 fully saturated rings. The van der Waals surface area contributed by atoms with Crippen molar-refractivity contribution in [3.8, 4) is 5.75 Å². The molecule has 7 heteroatoms. The highest BCUT2D eigenvalue weighted by atomic mass is 32.2. The Morgan fingerprint density at radius 3 is 2.17 bits per heavy atom. The van der Waals surface area contributed by atoms with Crippen LogP contribution in [-0.4, -0.2) is 26.0 Å². The smallest absolute Gasteiger partial charge is 0.261 e. The number of amides is 1. The lowest BCUT2D eigenvalue weighted by molar-refractivity contribution is 0.0953. The zero-order chi connectivity index (χ0) is 21.6. The summed E-state index contributed by atoms with van der Waals surface area (Å²) in [5.41, 5.74) is 3.00. The molecule has 30 heavy (non-hydrogen) atoms. The molecule has 156 valence electrons. The predicted molar refractivity (Wildman–Crippen MR) is 117 cm³/mol. The van der Waals surface area contributed by atoms with Crippen molar-refractivity contribution in [1.82, 2.24) is 5.32 Å². The van der Waals surface area contributed by atoms with Crippen molar-refractivity contribution in [2.75, 3.05) is 11.3 Å². The Labute approximate surface area is 176 Å². The van der Waals surface area contributed by atoms with Crippen molar-refractivity contribution < 1.29 is 18.3 Å². The van der Waals surface area contributed by atoms with E-state index in [0.717, 1.165) is 24.0 Å². The third kappa shape index (κ3) is 5.84. The molecule has 0 bridgehead atoms. The van der Waals surface area contributed by atoms with Gasteiger partial charge in [-0.1, -0.05) is 29.8 Å². The van der Waals surface area contributed by atoms with Crippen molar-refractivity contribution in [1.29, 1.82) is 0 Å². The summed E-state index contributed by atoms with van der Waals surface area (Å²) in [6, 6.07) is 19.9. The SMILES string of the molecule is Cc1ccc(NS(=O)(=O)c2ccc(C(=O)NCCCc3ccc(O)cc3)cc2)cc1. The summed E-state index contributed by atoms with van der Waals surface area (Å²) in [4.78, 5) is 12.4. The maximum atomic E-state index is 12.5. The first-order chi connectivity index (χ1) is 14.3. The zero-order valence-electron chi connectivity index (χ0n) is 16.6. The monoisotopic (exact) mass is 424 g/mol. The maximum absolute atomic E-state index is 12.5. The number of aryl methyl sites for hydroxylation is 2. The molecule has 0 spiro atoms. The minimum atomic E-state index is -3.72. The fourth-order valence-electron chi connectivity index (χ4n) is 2.88. The average molecular weight is 425 g/mol. The number of benzene rings is 3. The van der Waals surface area contributed by atoms with Crippen molar-refractivity contribution in [2.24, 2.45) is 0 Å². The standard InChI is InChI=1S/C23H24N2O4S/c1-17-4-10-20(11-5-17)25-30(28,29)22-14-8-19(9-15-22)23(27)24-16-2-3-18-6-12-21(26)13-7-18/h4-15,25-26H,2-3,16H2,1H3,(H,24,27). The maximum Gasteiger partial charge on any atom is 0.261 e. The van der Waals surface area contributed by atoms with Gasteiger partial charge in [-0.3, -0.25) is 9.52 Å². The van der Waals surface area contributed by atoms with Crippen LogP contribution in [0.4, 0.5) is 5.69 Å². The Morgan fingerprint density at radius 1 is 0.900 bits per heavy atom. The Bertz CT molecular complexity index is 1090. The molecule has 3 aromatic rings. The van der Waals surface area contributed by atoms with Gasteiger partial charge in [-0.25, -0.2) is 8.42 Å². The number of sulfonamides is 1. The van der Waals surface area contributed by atoms with E-state index in [1.165, 1.54) is 24.3 Å². The summed E-state index contributed by atoms with van der Waals surface area (Å²) in [6.07, 6.45) is 1.53. The molecule has 1 amide bonds. The third-order valence-corrected chi connectivity index (χ3v) is 5.99. The van der Waals surface area contributed by atoms with Gasteiger partial charge in [0.25, 0.3) is 15.9 Å². The largest absolute Gasteiger partial charge is 0.508 e. The van der Waals surface area contributed by atoms with E-state index >= 15 is 0 Å². The van der Waals surface area contributed by atoms with E-state index in [1.54, 1.807) is 24.3 Å². The van der Waals surface area contributed by atoms with E-state index in [4.69, 9.17) is 0 Å². The van der Waals surface area contributed by atoms with Crippen molar-refractivity contribution in [3.05, 3.63) is 89.5 Å². The van der Waals surface area contributed by atoms with Gasteiger partial charge >= 0.3 is 0 Å². The lowest BCUT2D eigenvalue weighted by atomic mass is 10.1. The van der Waals surface area contributed by atoms with Crippen LogP contribution in [0.5, 0.6) is 5.75 Å². The second-order valence-electron chi connectivity index (χ2n) is 7.02. The number of nitrogens with one attached hydrogen (secondary N) is 2. The highest BCUT2D eigenvalue weighted by Gasteiger charge is 2.15. The number of phenolic OH excluding ortho intramolecular Hbond substituents is 1. The topological polar surface area (TPSA) is 95.5 Å². The zero-order valence-corrected chi connectivity index (χ0v) is 17.4. The van der Waals surface area contributed by atoms with Crippen molar-refractivity contribution >= 4 is 21.6 Å². The molecular formula is C23H24N2O4S. The molecule has 0 aliphatic heterocycles. The van der Waals surface area contributed by atoms with Crippen LogP contribution >= 0.6 is 0 Å². The summed E-state index contributed by atoms with van der Waals surface area (Å²) < 4.78 is 27.5. The molecule has 0 aromatic heterocycles. The molecule has 0 heterocycles. The first kappa shape index (κ1) is 21.4. The Balaban J connectivity index is 1.53. The van der Waals surface area contributed by atoms with Gasteiger partial charge < -0.3 is 10.4 Å². The van der Waals surface area contributed by atoms with Gasteiger partial charge in [0.2, 0.25) is 0 Å². The minimum absolute atomic E-state index is 0.0898. The van der Waals surface area contributed by atoms with E-state index in [2.05, 4.69) is 10.0 Å². The molecule has 6 nitrogen and oxygen atoms in total. The number of hydrogen-bond acceptors (Lipinski definition) is 4. The number of hydrogen-bond donors (Lipinski definition) is 3. The van der Waals surface area contributed by atoms with Crippen LogP contribution in [0.15, 0.2) is 77.7 Å². The highest BCUT2D eigenvalue weighted by molar-refractivity contribution is 7.92. The summed E-state index contributed by atoms with van der Waals surface area (Å²) in [5, 5.41) is 12.1. The van der Waals surface area contributed by atoms with Gasteiger partial charge in [0.1, 0.15) is 5.75 Å². The number of aromatic hydroxyl groups is 1. The lowest BCUT2D eigenvalue weighted by Crippen LogP contribution is -2.24. The molecule has 0 aliphatic rings. The van der Waals surface area contributed by atoms with Crippen LogP contribution in [0.1, 0.15) is 27.9 Å². The number of anilines is 1. The van der Waals surface area contributed by atoms with Crippen molar-refractivity contribution in [2.45, 2.75) is 24.7 Å². The summed E-state index contributed by atoms with van der Waals surface area (Å²) in [7, 11) is -3.72. The van der Waals surface area contributed by atoms with Crippen LogP contribution in [0.3, 0.4) is 0 Å². The highest BCUT2D eigenvalue weighted by Crippen LogP contribution is 2.17. The summed E-state index contributed by atoms with van der Waals surface area (Å²) >= 11 is 0. The van der Waals surface area contributed by atoms with Crippen LogP contribution in [0.25, 0.3) is 0 Å². The predicted octanol–water partition coefficient (Wildman–Crippen LogP) is 3.86. The molecule has 0 saturated heterocycles. The molecular weight excluding hydrogens is 400 g/mol. The fourth-order valence-corrected chi connectivity index (χ4v) is 3.94. The van der Waals surface area contributed by atoms with Crippen LogP contribution < -0.4 is 10.0 Å². The van der Waals surface area contributed by atoms with Gasteiger partial charge in [0.15, 0.2) is 0 Å². The molecule has 0 radical (unpaired) electrons. The average Bonchev–Trinajstić information content (AvgIpc) is 2.74.